The maximum Gasteiger partial charge on any atom is 0.338 e. The first-order valence-electron chi connectivity index (χ1n) is 5.34. The van der Waals surface area contributed by atoms with Crippen LogP contribution in [0.2, 0.25) is 0 Å². The number of carboxylic acid groups (broad SMARTS) is 1. The molecule has 19 heavy (non-hydrogen) atoms. The maximum atomic E-state index is 11.4. The van der Waals surface area contributed by atoms with Crippen LogP contribution in [0.25, 0.3) is 0 Å². The summed E-state index contributed by atoms with van der Waals surface area (Å²) in [6.07, 6.45) is 1.17. The first-order valence-corrected chi connectivity index (χ1v) is 5.34. The molecule has 1 rings (SSSR count). The molecule has 0 fully saturated rings. The van der Waals surface area contributed by atoms with E-state index in [4.69, 9.17) is 5.11 Å². The largest absolute Gasteiger partial charge is 0.481 e. The van der Waals surface area contributed by atoms with Gasteiger partial charge in [-0.15, -0.1) is 0 Å². The van der Waals surface area contributed by atoms with Crippen LogP contribution in [-0.4, -0.2) is 41.7 Å². The highest BCUT2D eigenvalue weighted by atomic mass is 16.5. The number of aliphatic carboxylic acids is 1. The van der Waals surface area contributed by atoms with Gasteiger partial charge >= 0.3 is 18.0 Å². The quantitative estimate of drug-likeness (QED) is 0.667. The van der Waals surface area contributed by atoms with E-state index in [2.05, 4.69) is 20.4 Å². The minimum atomic E-state index is -1.01. The number of nitrogens with zero attached hydrogens (tertiary/aromatic N) is 1. The number of carboxylic acids is 1. The predicted molar refractivity (Wildman–Crippen MR) is 64.9 cm³/mol. The third-order valence-electron chi connectivity index (χ3n) is 2.05. The number of pyridine rings is 1. The second-order valence-corrected chi connectivity index (χ2v) is 3.45. The topological polar surface area (TPSA) is 118 Å². The zero-order chi connectivity index (χ0) is 14.3. The molecule has 2 amide bonds. The molecule has 1 aromatic rings. The molecule has 0 bridgehead atoms. The average Bonchev–Trinajstić information content (AvgIpc) is 2.37. The first kappa shape index (κ1) is 14.4. The van der Waals surface area contributed by atoms with Crippen LogP contribution in [0.3, 0.4) is 0 Å². The van der Waals surface area contributed by atoms with Gasteiger partial charge in [-0.25, -0.2) is 14.6 Å². The molecule has 3 N–H and O–H groups in total. The molecule has 0 saturated carbocycles. The molecule has 0 saturated heterocycles. The number of hydrogen-bond donors (Lipinski definition) is 3. The summed E-state index contributed by atoms with van der Waals surface area (Å²) in [4.78, 5) is 36.7. The van der Waals surface area contributed by atoms with Gasteiger partial charge in [-0.3, -0.25) is 10.1 Å². The number of carbonyl (C=O) groups excluding carboxylic acids is 2. The number of aromatic nitrogens is 1. The van der Waals surface area contributed by atoms with Gasteiger partial charge in [0.15, 0.2) is 0 Å². The molecule has 0 aromatic carbocycles. The molecule has 8 nitrogen and oxygen atoms in total. The number of methoxy groups -OCH3 is 1. The van der Waals surface area contributed by atoms with Gasteiger partial charge < -0.3 is 15.2 Å². The lowest BCUT2D eigenvalue weighted by molar-refractivity contribution is -0.136. The normalized spacial score (nSPS) is 9.53. The Morgan fingerprint density at radius 3 is 2.79 bits per heavy atom. The first-order chi connectivity index (χ1) is 9.02. The lowest BCUT2D eigenvalue weighted by Gasteiger charge is -2.06. The zero-order valence-electron chi connectivity index (χ0n) is 10.2. The Morgan fingerprint density at radius 1 is 1.42 bits per heavy atom. The van der Waals surface area contributed by atoms with Gasteiger partial charge in [-0.2, -0.15) is 0 Å². The van der Waals surface area contributed by atoms with Crippen LogP contribution in [0.15, 0.2) is 18.3 Å². The number of ether oxygens (including phenoxy) is 1. The van der Waals surface area contributed by atoms with Crippen molar-refractivity contribution in [3.63, 3.8) is 0 Å². The fourth-order valence-electron chi connectivity index (χ4n) is 1.19. The Balaban J connectivity index is 2.54. The molecular formula is C11H13N3O5. The number of carbonyl (C=O) groups is 3. The van der Waals surface area contributed by atoms with Crippen LogP contribution in [0.4, 0.5) is 10.6 Å². The molecular weight excluding hydrogens is 254 g/mol. The van der Waals surface area contributed by atoms with E-state index in [-0.39, 0.29) is 24.3 Å². The fraction of sp³-hybridized carbons (Fsp3) is 0.273. The van der Waals surface area contributed by atoms with Crippen molar-refractivity contribution < 1.29 is 24.2 Å². The highest BCUT2D eigenvalue weighted by Gasteiger charge is 2.08. The number of rotatable bonds is 5. The average molecular weight is 267 g/mol. The fourth-order valence-corrected chi connectivity index (χ4v) is 1.19. The molecule has 0 aliphatic heterocycles. The number of esters is 1. The summed E-state index contributed by atoms with van der Waals surface area (Å²) in [6, 6.07) is 2.19. The van der Waals surface area contributed by atoms with Crippen molar-refractivity contribution in [2.45, 2.75) is 6.42 Å². The van der Waals surface area contributed by atoms with Gasteiger partial charge in [0.25, 0.3) is 0 Å². The Bertz CT molecular complexity index is 489. The van der Waals surface area contributed by atoms with Crippen LogP contribution >= 0.6 is 0 Å². The SMILES string of the molecule is COC(=O)c1ccnc(NC(=O)NCCC(=O)O)c1. The summed E-state index contributed by atoms with van der Waals surface area (Å²) < 4.78 is 4.53. The molecule has 1 aromatic heterocycles. The van der Waals surface area contributed by atoms with Crippen molar-refractivity contribution in [2.24, 2.45) is 0 Å². The smallest absolute Gasteiger partial charge is 0.338 e. The molecule has 0 atom stereocenters. The molecule has 0 aliphatic rings. The summed E-state index contributed by atoms with van der Waals surface area (Å²) in [5, 5.41) is 13.1. The molecule has 102 valence electrons. The summed E-state index contributed by atoms with van der Waals surface area (Å²) in [6.45, 7) is -0.00212. The molecule has 0 radical (unpaired) electrons. The van der Waals surface area contributed by atoms with Crippen LogP contribution < -0.4 is 10.6 Å². The molecule has 8 heteroatoms. The lowest BCUT2D eigenvalue weighted by atomic mass is 10.2. The van der Waals surface area contributed by atoms with E-state index in [0.29, 0.717) is 0 Å². The Hall–Kier alpha value is -2.64. The second kappa shape index (κ2) is 6.94. The molecule has 1 heterocycles. The third-order valence-corrected chi connectivity index (χ3v) is 2.05. The molecule has 0 spiro atoms. The van der Waals surface area contributed by atoms with Gasteiger partial charge in [0.1, 0.15) is 5.82 Å². The van der Waals surface area contributed by atoms with Gasteiger partial charge in [0, 0.05) is 12.7 Å². The van der Waals surface area contributed by atoms with Gasteiger partial charge in [0.05, 0.1) is 19.1 Å². The Labute approximate surface area is 108 Å². The van der Waals surface area contributed by atoms with Crippen LogP contribution in [0.5, 0.6) is 0 Å². The van der Waals surface area contributed by atoms with Crippen LogP contribution in [0, 0.1) is 0 Å². The zero-order valence-corrected chi connectivity index (χ0v) is 10.2. The van der Waals surface area contributed by atoms with E-state index in [1.165, 1.54) is 25.4 Å². The van der Waals surface area contributed by atoms with E-state index in [0.717, 1.165) is 0 Å². The second-order valence-electron chi connectivity index (χ2n) is 3.45. The number of anilines is 1. The van der Waals surface area contributed by atoms with E-state index < -0.39 is 18.0 Å². The van der Waals surface area contributed by atoms with Crippen molar-refractivity contribution >= 4 is 23.8 Å². The Morgan fingerprint density at radius 2 is 2.16 bits per heavy atom. The Kier molecular flexibility index (Phi) is 5.27. The number of urea groups is 1. The lowest BCUT2D eigenvalue weighted by Crippen LogP contribution is -2.30. The molecule has 0 aliphatic carbocycles. The number of amides is 2. The number of hydrogen-bond acceptors (Lipinski definition) is 5. The van der Waals surface area contributed by atoms with E-state index in [1.54, 1.807) is 0 Å². The summed E-state index contributed by atoms with van der Waals surface area (Å²) in [7, 11) is 1.24. The van der Waals surface area contributed by atoms with Crippen LogP contribution in [-0.2, 0) is 9.53 Å². The van der Waals surface area contributed by atoms with Gasteiger partial charge in [-0.05, 0) is 12.1 Å². The monoisotopic (exact) mass is 267 g/mol. The predicted octanol–water partition coefficient (Wildman–Crippen LogP) is 0.464. The van der Waals surface area contributed by atoms with Crippen molar-refractivity contribution in [3.8, 4) is 0 Å². The summed E-state index contributed by atoms with van der Waals surface area (Å²) >= 11 is 0. The van der Waals surface area contributed by atoms with Gasteiger partial charge in [-0.1, -0.05) is 0 Å². The molecule has 0 unspecified atom stereocenters. The standard InChI is InChI=1S/C11H13N3O5/c1-19-10(17)7-2-4-12-8(6-7)14-11(18)13-5-3-9(15)16/h2,4,6H,3,5H2,1H3,(H,15,16)(H2,12,13,14,18). The van der Waals surface area contributed by atoms with Crippen molar-refractivity contribution in [3.05, 3.63) is 23.9 Å². The maximum absolute atomic E-state index is 11.4. The van der Waals surface area contributed by atoms with Crippen molar-refractivity contribution in [1.29, 1.82) is 0 Å². The van der Waals surface area contributed by atoms with E-state index >= 15 is 0 Å². The summed E-state index contributed by atoms with van der Waals surface area (Å²) in [5.41, 5.74) is 0.248. The highest BCUT2D eigenvalue weighted by molar-refractivity contribution is 5.92. The van der Waals surface area contributed by atoms with Crippen LogP contribution in [0.1, 0.15) is 16.8 Å². The van der Waals surface area contributed by atoms with Gasteiger partial charge in [0.2, 0.25) is 0 Å². The van der Waals surface area contributed by atoms with Crippen molar-refractivity contribution in [2.75, 3.05) is 19.0 Å². The van der Waals surface area contributed by atoms with E-state index in [1.807, 2.05) is 0 Å². The van der Waals surface area contributed by atoms with E-state index in [9.17, 15) is 14.4 Å². The van der Waals surface area contributed by atoms with Crippen molar-refractivity contribution in [1.82, 2.24) is 10.3 Å². The minimum absolute atomic E-state index is 0.00212. The number of nitrogens with one attached hydrogen (secondary N) is 2. The summed E-state index contributed by atoms with van der Waals surface area (Å²) in [5.74, 6) is -1.39. The highest BCUT2D eigenvalue weighted by Crippen LogP contribution is 2.07. The minimum Gasteiger partial charge on any atom is -0.481 e. The third kappa shape index (κ3) is 5.02.